The van der Waals surface area contributed by atoms with Gasteiger partial charge >= 0.3 is 5.97 Å². The molecule has 0 spiro atoms. The van der Waals surface area contributed by atoms with Crippen LogP contribution in [-0.2, 0) is 14.3 Å². The van der Waals surface area contributed by atoms with Gasteiger partial charge in [0.15, 0.2) is 11.5 Å². The number of amides is 1. The number of aliphatic hydroxyl groups excluding tert-OH is 1. The maximum atomic E-state index is 13.3. The van der Waals surface area contributed by atoms with E-state index in [0.717, 1.165) is 0 Å². The zero-order chi connectivity index (χ0) is 26.7. The van der Waals surface area contributed by atoms with Crippen LogP contribution >= 0.6 is 0 Å². The van der Waals surface area contributed by atoms with E-state index in [0.29, 0.717) is 47.8 Å². The van der Waals surface area contributed by atoms with Gasteiger partial charge in [-0.15, -0.1) is 0 Å². The van der Waals surface area contributed by atoms with Crippen LogP contribution in [0.1, 0.15) is 45.3 Å². The summed E-state index contributed by atoms with van der Waals surface area (Å²) < 4.78 is 15.6. The number of H-pyrrole nitrogens is 1. The van der Waals surface area contributed by atoms with Crippen LogP contribution in [-0.4, -0.2) is 86.1 Å². The lowest BCUT2D eigenvalue weighted by atomic mass is 9.93. The molecule has 1 atom stereocenters. The second-order valence-corrected chi connectivity index (χ2v) is 8.88. The number of likely N-dealkylation sites (tertiary alicyclic amines) is 1. The number of aryl methyl sites for hydroxylation is 1. The predicted molar refractivity (Wildman–Crippen MR) is 133 cm³/mol. The van der Waals surface area contributed by atoms with Gasteiger partial charge < -0.3 is 34.1 Å². The van der Waals surface area contributed by atoms with E-state index in [1.54, 1.807) is 32.0 Å². The summed E-state index contributed by atoms with van der Waals surface area (Å²) in [5, 5.41) is 11.5. The molecule has 194 valence electrons. The van der Waals surface area contributed by atoms with Gasteiger partial charge in [-0.3, -0.25) is 9.59 Å². The lowest BCUT2D eigenvalue weighted by molar-refractivity contribution is -0.139. The molecule has 1 amide bonds. The van der Waals surface area contributed by atoms with Crippen molar-refractivity contribution in [2.45, 2.75) is 26.3 Å². The van der Waals surface area contributed by atoms with Crippen molar-refractivity contribution in [1.29, 1.82) is 0 Å². The number of benzene rings is 1. The fourth-order valence-electron chi connectivity index (χ4n) is 4.58. The SMILES string of the molecule is COC(=O)c1[nH]c(C)c(C(O)=C2C(=O)C(=O)N(CCCN(C)C)[C@H]2c2ccc(OC)c(OC)c2)c1C. The molecule has 1 fully saturated rings. The Kier molecular flexibility index (Phi) is 8.09. The molecule has 1 saturated heterocycles. The highest BCUT2D eigenvalue weighted by Gasteiger charge is 2.46. The highest BCUT2D eigenvalue weighted by molar-refractivity contribution is 6.46. The molecule has 36 heavy (non-hydrogen) atoms. The van der Waals surface area contributed by atoms with Crippen molar-refractivity contribution in [3.63, 3.8) is 0 Å². The summed E-state index contributed by atoms with van der Waals surface area (Å²) in [5.41, 5.74) is 1.86. The average Bonchev–Trinajstić information content (AvgIpc) is 3.29. The third-order valence-electron chi connectivity index (χ3n) is 6.33. The van der Waals surface area contributed by atoms with E-state index >= 15 is 0 Å². The number of carbonyl (C=O) groups excluding carboxylic acids is 3. The minimum atomic E-state index is -0.859. The van der Waals surface area contributed by atoms with Crippen LogP contribution in [0.3, 0.4) is 0 Å². The summed E-state index contributed by atoms with van der Waals surface area (Å²) in [6.07, 6.45) is 0.624. The number of nitrogens with zero attached hydrogens (tertiary/aromatic N) is 2. The van der Waals surface area contributed by atoms with Crippen LogP contribution in [0.15, 0.2) is 23.8 Å². The molecule has 2 N–H and O–H groups in total. The fraction of sp³-hybridized carbons (Fsp3) is 0.423. The van der Waals surface area contributed by atoms with E-state index in [2.05, 4.69) is 4.98 Å². The Hall–Kier alpha value is -3.79. The van der Waals surface area contributed by atoms with E-state index in [1.807, 2.05) is 19.0 Å². The maximum absolute atomic E-state index is 13.3. The van der Waals surface area contributed by atoms with Gasteiger partial charge in [-0.2, -0.15) is 0 Å². The second-order valence-electron chi connectivity index (χ2n) is 8.88. The topological polar surface area (TPSA) is 121 Å². The number of ether oxygens (including phenoxy) is 3. The van der Waals surface area contributed by atoms with Crippen molar-refractivity contribution >= 4 is 23.4 Å². The van der Waals surface area contributed by atoms with Gasteiger partial charge in [0.2, 0.25) is 0 Å². The third-order valence-corrected chi connectivity index (χ3v) is 6.33. The first-order valence-electron chi connectivity index (χ1n) is 11.5. The number of hydrogen-bond donors (Lipinski definition) is 2. The van der Waals surface area contributed by atoms with Crippen LogP contribution in [0.2, 0.25) is 0 Å². The number of carbonyl (C=O) groups is 3. The minimum absolute atomic E-state index is 0.0568. The molecule has 2 heterocycles. The van der Waals surface area contributed by atoms with E-state index in [1.165, 1.54) is 26.2 Å². The van der Waals surface area contributed by atoms with Gasteiger partial charge in [0.25, 0.3) is 11.7 Å². The molecule has 10 nitrogen and oxygen atoms in total. The molecule has 0 aliphatic carbocycles. The monoisotopic (exact) mass is 499 g/mol. The Morgan fingerprint density at radius 2 is 1.78 bits per heavy atom. The lowest BCUT2D eigenvalue weighted by Gasteiger charge is -2.26. The normalized spacial score (nSPS) is 17.1. The number of methoxy groups -OCH3 is 3. The van der Waals surface area contributed by atoms with Crippen LogP contribution in [0.25, 0.3) is 5.76 Å². The largest absolute Gasteiger partial charge is 0.507 e. The second kappa shape index (κ2) is 10.9. The van der Waals surface area contributed by atoms with Crippen molar-refractivity contribution in [2.24, 2.45) is 0 Å². The number of aromatic amines is 1. The van der Waals surface area contributed by atoms with Gasteiger partial charge in [0.1, 0.15) is 11.5 Å². The van der Waals surface area contributed by atoms with Crippen LogP contribution in [0.5, 0.6) is 11.5 Å². The summed E-state index contributed by atoms with van der Waals surface area (Å²) in [6, 6.07) is 4.26. The van der Waals surface area contributed by atoms with Gasteiger partial charge in [-0.05, 0) is 64.2 Å². The Morgan fingerprint density at radius 1 is 1.11 bits per heavy atom. The number of Topliss-reactive ketones (excluding diaryl/α,β-unsaturated/α-hetero) is 1. The van der Waals surface area contributed by atoms with Crippen LogP contribution in [0, 0.1) is 13.8 Å². The molecule has 0 radical (unpaired) electrons. The smallest absolute Gasteiger partial charge is 0.354 e. The molecule has 10 heteroatoms. The van der Waals surface area contributed by atoms with Gasteiger partial charge in [-0.25, -0.2) is 4.79 Å². The van der Waals surface area contributed by atoms with Crippen LogP contribution in [0.4, 0.5) is 0 Å². The van der Waals surface area contributed by atoms with E-state index in [4.69, 9.17) is 14.2 Å². The zero-order valence-electron chi connectivity index (χ0n) is 21.7. The number of nitrogens with one attached hydrogen (secondary N) is 1. The van der Waals surface area contributed by atoms with Gasteiger partial charge in [0, 0.05) is 17.8 Å². The fourth-order valence-corrected chi connectivity index (χ4v) is 4.58. The van der Waals surface area contributed by atoms with Crippen LogP contribution < -0.4 is 9.47 Å². The Balaban J connectivity index is 2.22. The molecule has 1 aromatic carbocycles. The number of rotatable bonds is 9. The van der Waals surface area contributed by atoms with E-state index in [9.17, 15) is 19.5 Å². The Bertz CT molecular complexity index is 1210. The highest BCUT2D eigenvalue weighted by Crippen LogP contribution is 2.43. The number of aromatic nitrogens is 1. The van der Waals surface area contributed by atoms with E-state index < -0.39 is 23.7 Å². The molecule has 1 aliphatic heterocycles. The number of aliphatic hydroxyl groups is 1. The molecular weight excluding hydrogens is 466 g/mol. The molecule has 0 bridgehead atoms. The standard InChI is InChI=1S/C26H33N3O7/c1-14-19(15(2)27-21(14)26(33)36-7)23(30)20-22(16-9-10-17(34-5)18(13-16)35-6)29(25(32)24(20)31)12-8-11-28(3)4/h9-10,13,22,27,30H,8,11-12H2,1-7H3/t22-/m0/s1. The van der Waals surface area contributed by atoms with E-state index in [-0.39, 0.29) is 22.6 Å². The molecule has 0 saturated carbocycles. The summed E-state index contributed by atoms with van der Waals surface area (Å²) >= 11 is 0. The maximum Gasteiger partial charge on any atom is 0.354 e. The van der Waals surface area contributed by atoms with Crippen molar-refractivity contribution in [3.05, 3.63) is 51.9 Å². The zero-order valence-corrected chi connectivity index (χ0v) is 21.7. The minimum Gasteiger partial charge on any atom is -0.507 e. The number of hydrogen-bond acceptors (Lipinski definition) is 8. The molecule has 2 aromatic rings. The first-order chi connectivity index (χ1) is 17.1. The molecule has 3 rings (SSSR count). The summed E-state index contributed by atoms with van der Waals surface area (Å²) in [4.78, 5) is 45.1. The molecular formula is C26H33N3O7. The number of ketones is 1. The Labute approximate surface area is 210 Å². The third kappa shape index (κ3) is 4.81. The van der Waals surface area contributed by atoms with Crippen molar-refractivity contribution in [1.82, 2.24) is 14.8 Å². The molecule has 1 aliphatic rings. The van der Waals surface area contributed by atoms with Crippen molar-refractivity contribution < 1.29 is 33.7 Å². The summed E-state index contributed by atoms with van der Waals surface area (Å²) in [6.45, 7) is 4.33. The van der Waals surface area contributed by atoms with Gasteiger partial charge in [-0.1, -0.05) is 6.07 Å². The first kappa shape index (κ1) is 26.8. The quantitative estimate of drug-likeness (QED) is 0.234. The Morgan fingerprint density at radius 3 is 2.36 bits per heavy atom. The lowest BCUT2D eigenvalue weighted by Crippen LogP contribution is -2.32. The molecule has 1 aromatic heterocycles. The summed E-state index contributed by atoms with van der Waals surface area (Å²) in [5.74, 6) is -1.53. The highest BCUT2D eigenvalue weighted by atomic mass is 16.5. The first-order valence-corrected chi connectivity index (χ1v) is 11.5. The van der Waals surface area contributed by atoms with Crippen molar-refractivity contribution in [3.8, 4) is 11.5 Å². The van der Waals surface area contributed by atoms with Gasteiger partial charge in [0.05, 0.1) is 32.9 Å². The predicted octanol–water partition coefficient (Wildman–Crippen LogP) is 2.81. The summed E-state index contributed by atoms with van der Waals surface area (Å²) in [7, 11) is 8.12. The molecule has 0 unspecified atom stereocenters. The average molecular weight is 500 g/mol. The van der Waals surface area contributed by atoms with Crippen molar-refractivity contribution in [2.75, 3.05) is 48.5 Å². The number of esters is 1.